The number of hydrogen-bond donors (Lipinski definition) is 1. The minimum absolute atomic E-state index is 0. The lowest BCUT2D eigenvalue weighted by Gasteiger charge is -2.17. The van der Waals surface area contributed by atoms with Gasteiger partial charge in [0, 0.05) is 35.6 Å². The maximum Gasteiger partial charge on any atom is 0.285 e. The molecule has 1 aliphatic heterocycles. The number of rotatable bonds is 4. The number of carbonyl (C=O) groups is 1. The lowest BCUT2D eigenvalue weighted by Crippen LogP contribution is -2.41. The highest BCUT2D eigenvalue weighted by Gasteiger charge is 2.37. The fraction of sp³-hybridized carbons (Fsp3) is 0.333. The maximum atomic E-state index is 13.0. The van der Waals surface area contributed by atoms with E-state index in [0.717, 1.165) is 47.6 Å². The van der Waals surface area contributed by atoms with Crippen molar-refractivity contribution in [1.29, 1.82) is 0 Å². The molecule has 1 saturated carbocycles. The van der Waals surface area contributed by atoms with Crippen LogP contribution in [0.2, 0.25) is 5.02 Å². The Morgan fingerprint density at radius 1 is 1.06 bits per heavy atom. The number of aryl methyl sites for hydroxylation is 1. The first kappa shape index (κ1) is 21.9. The van der Waals surface area contributed by atoms with Crippen LogP contribution >= 0.6 is 24.0 Å². The minimum Gasteiger partial charge on any atom is -0.299 e. The Labute approximate surface area is 193 Å². The second kappa shape index (κ2) is 9.03. The number of nitrogens with one attached hydrogen (secondary N) is 1. The average Bonchev–Trinajstić information content (AvgIpc) is 3.44. The molecule has 2 aromatic carbocycles. The van der Waals surface area contributed by atoms with Crippen LogP contribution in [0.15, 0.2) is 54.7 Å². The summed E-state index contributed by atoms with van der Waals surface area (Å²) in [6.07, 6.45) is 5.69. The second-order valence-corrected chi connectivity index (χ2v) is 8.84. The Kier molecular flexibility index (Phi) is 6.37. The summed E-state index contributed by atoms with van der Waals surface area (Å²) in [7, 11) is 0. The van der Waals surface area contributed by atoms with Crippen molar-refractivity contribution in [3.8, 4) is 17.1 Å². The van der Waals surface area contributed by atoms with Crippen molar-refractivity contribution in [2.75, 3.05) is 13.1 Å². The third-order valence-corrected chi connectivity index (χ3v) is 6.67. The monoisotopic (exact) mass is 456 g/mol. The number of amides is 1. The molecule has 2 fully saturated rings. The molecule has 3 aromatic rings. The van der Waals surface area contributed by atoms with Gasteiger partial charge in [-0.2, -0.15) is 0 Å². The maximum absolute atomic E-state index is 13.0. The van der Waals surface area contributed by atoms with Crippen LogP contribution in [0.25, 0.3) is 17.1 Å². The number of imidazole rings is 1. The fourth-order valence-corrected chi connectivity index (χ4v) is 4.96. The third-order valence-electron chi connectivity index (χ3n) is 6.42. The summed E-state index contributed by atoms with van der Waals surface area (Å²) >= 11 is 6.08. The van der Waals surface area contributed by atoms with E-state index < -0.39 is 0 Å². The average molecular weight is 457 g/mol. The van der Waals surface area contributed by atoms with Gasteiger partial charge < -0.3 is 0 Å². The van der Waals surface area contributed by atoms with E-state index in [1.54, 1.807) is 0 Å². The van der Waals surface area contributed by atoms with Crippen LogP contribution in [0.4, 0.5) is 0 Å². The van der Waals surface area contributed by atoms with Gasteiger partial charge in [-0.3, -0.25) is 14.8 Å². The van der Waals surface area contributed by atoms with E-state index >= 15 is 0 Å². The molecule has 1 amide bonds. The van der Waals surface area contributed by atoms with Gasteiger partial charge >= 0.3 is 0 Å². The van der Waals surface area contributed by atoms with Crippen LogP contribution in [0.3, 0.4) is 0 Å². The Bertz CT molecular complexity index is 1070. The van der Waals surface area contributed by atoms with Crippen molar-refractivity contribution < 1.29 is 4.79 Å². The molecule has 1 saturated heterocycles. The van der Waals surface area contributed by atoms with Gasteiger partial charge in [-0.05, 0) is 61.4 Å². The molecule has 1 aliphatic carbocycles. The summed E-state index contributed by atoms with van der Waals surface area (Å²) < 4.78 is 1.96. The van der Waals surface area contributed by atoms with Crippen molar-refractivity contribution in [3.63, 3.8) is 0 Å². The number of aromatic nitrogens is 2. The molecule has 0 bridgehead atoms. The van der Waals surface area contributed by atoms with Crippen LogP contribution in [0.5, 0.6) is 0 Å². The zero-order valence-electron chi connectivity index (χ0n) is 17.4. The topological polar surface area (TPSA) is 50.2 Å². The lowest BCUT2D eigenvalue weighted by atomic mass is 10.0. The van der Waals surface area contributed by atoms with Crippen LogP contribution in [-0.4, -0.2) is 33.6 Å². The van der Waals surface area contributed by atoms with Crippen LogP contribution < -0.4 is 5.43 Å². The molecule has 2 unspecified atom stereocenters. The van der Waals surface area contributed by atoms with Crippen molar-refractivity contribution >= 4 is 29.9 Å². The molecule has 2 atom stereocenters. The number of nitrogens with zero attached hydrogens (tertiary/aromatic N) is 3. The molecule has 31 heavy (non-hydrogen) atoms. The molecule has 7 heteroatoms. The van der Waals surface area contributed by atoms with E-state index in [4.69, 9.17) is 16.6 Å². The first-order valence-electron chi connectivity index (χ1n) is 10.6. The zero-order valence-corrected chi connectivity index (χ0v) is 19.0. The largest absolute Gasteiger partial charge is 0.299 e. The van der Waals surface area contributed by atoms with Gasteiger partial charge in [0.25, 0.3) is 5.91 Å². The van der Waals surface area contributed by atoms with Gasteiger partial charge in [0.2, 0.25) is 0 Å². The second-order valence-electron chi connectivity index (χ2n) is 8.41. The van der Waals surface area contributed by atoms with Gasteiger partial charge in [-0.15, -0.1) is 12.4 Å². The number of halogens is 2. The summed E-state index contributed by atoms with van der Waals surface area (Å²) in [5.41, 5.74) is 6.53. The molecule has 0 spiro atoms. The highest BCUT2D eigenvalue weighted by molar-refractivity contribution is 6.30. The number of carbonyl (C=O) groups excluding carboxylic acids is 1. The lowest BCUT2D eigenvalue weighted by molar-refractivity contribution is 0.0809. The summed E-state index contributed by atoms with van der Waals surface area (Å²) in [4.78, 5) is 17.8. The van der Waals surface area contributed by atoms with E-state index in [2.05, 4.69) is 23.4 Å². The Morgan fingerprint density at radius 3 is 2.42 bits per heavy atom. The Balaban J connectivity index is 0.00000231. The molecule has 5 rings (SSSR count). The molecule has 2 heterocycles. The number of hydrazine groups is 1. The van der Waals surface area contributed by atoms with Crippen molar-refractivity contribution in [2.45, 2.75) is 26.2 Å². The van der Waals surface area contributed by atoms with Gasteiger partial charge in [0.1, 0.15) is 11.5 Å². The quantitative estimate of drug-likeness (QED) is 0.579. The highest BCUT2D eigenvalue weighted by Crippen LogP contribution is 2.37. The predicted octanol–water partition coefficient (Wildman–Crippen LogP) is 5.30. The molecule has 0 radical (unpaired) electrons. The van der Waals surface area contributed by atoms with Gasteiger partial charge in [-0.25, -0.2) is 9.99 Å². The van der Waals surface area contributed by atoms with E-state index in [1.807, 2.05) is 53.2 Å². The van der Waals surface area contributed by atoms with E-state index in [-0.39, 0.29) is 18.3 Å². The van der Waals surface area contributed by atoms with E-state index in [0.29, 0.717) is 10.7 Å². The Morgan fingerprint density at radius 2 is 1.74 bits per heavy atom. The standard InChI is InChI=1S/C24H25ClN4O.ClH/c1-16-5-2-3-8-21(16)23-26-22(15-29(23)20-11-9-19(25)10-12-20)24(30)27-28-13-17-6-4-7-18(17)14-28;/h2-3,5,8-12,15,17-18H,4,6-7,13-14H2,1H3,(H,27,30);1H. The van der Waals surface area contributed by atoms with Crippen molar-refractivity contribution in [1.82, 2.24) is 20.0 Å². The molecule has 1 N–H and O–H groups in total. The molecule has 162 valence electrons. The van der Waals surface area contributed by atoms with E-state index in [1.165, 1.54) is 19.3 Å². The number of hydrogen-bond acceptors (Lipinski definition) is 3. The molecular weight excluding hydrogens is 431 g/mol. The van der Waals surface area contributed by atoms with Crippen LogP contribution in [-0.2, 0) is 0 Å². The fourth-order valence-electron chi connectivity index (χ4n) is 4.83. The summed E-state index contributed by atoms with van der Waals surface area (Å²) in [5.74, 6) is 2.04. The highest BCUT2D eigenvalue weighted by atomic mass is 35.5. The van der Waals surface area contributed by atoms with Gasteiger partial charge in [0.05, 0.1) is 0 Å². The summed E-state index contributed by atoms with van der Waals surface area (Å²) in [6.45, 7) is 3.94. The third kappa shape index (κ3) is 4.36. The normalized spacial score (nSPS) is 20.3. The number of fused-ring (bicyclic) bond motifs is 1. The molecular formula is C24H26Cl2N4O. The van der Waals surface area contributed by atoms with Crippen molar-refractivity contribution in [3.05, 3.63) is 71.0 Å². The first-order chi connectivity index (χ1) is 14.6. The predicted molar refractivity (Wildman–Crippen MR) is 126 cm³/mol. The van der Waals surface area contributed by atoms with Gasteiger partial charge in [0.15, 0.2) is 0 Å². The first-order valence-corrected chi connectivity index (χ1v) is 10.9. The Hall–Kier alpha value is -2.34. The van der Waals surface area contributed by atoms with Crippen LogP contribution in [0.1, 0.15) is 35.3 Å². The number of benzene rings is 2. The molecule has 2 aliphatic rings. The molecule has 1 aromatic heterocycles. The molecule has 5 nitrogen and oxygen atoms in total. The van der Waals surface area contributed by atoms with Gasteiger partial charge in [-0.1, -0.05) is 42.3 Å². The van der Waals surface area contributed by atoms with Crippen LogP contribution in [0, 0.1) is 18.8 Å². The smallest absolute Gasteiger partial charge is 0.285 e. The summed E-state index contributed by atoms with van der Waals surface area (Å²) in [5, 5.41) is 2.75. The SMILES string of the molecule is Cc1ccccc1-c1nc(C(=O)NN2CC3CCCC3C2)cn1-c1ccc(Cl)cc1.Cl. The zero-order chi connectivity index (χ0) is 20.7. The summed E-state index contributed by atoms with van der Waals surface area (Å²) in [6, 6.07) is 15.7. The minimum atomic E-state index is -0.155. The van der Waals surface area contributed by atoms with Crippen molar-refractivity contribution in [2.24, 2.45) is 11.8 Å². The van der Waals surface area contributed by atoms with E-state index in [9.17, 15) is 4.79 Å².